The number of hydrogen-bond acceptors (Lipinski definition) is 3. The van der Waals surface area contributed by atoms with E-state index in [0.29, 0.717) is 12.7 Å². The third-order valence-electron chi connectivity index (χ3n) is 3.58. The molecule has 0 aliphatic carbocycles. The average molecular weight is 356 g/mol. The quantitative estimate of drug-likeness (QED) is 0.854. The van der Waals surface area contributed by atoms with Crippen LogP contribution in [0.5, 0.6) is 5.75 Å². The van der Waals surface area contributed by atoms with Gasteiger partial charge in [0.2, 0.25) is 0 Å². The van der Waals surface area contributed by atoms with Gasteiger partial charge in [-0.05, 0) is 64.3 Å². The molecule has 2 unspecified atom stereocenters. The maximum Gasteiger partial charge on any atom is 0.119 e. The lowest BCUT2D eigenvalue weighted by molar-refractivity contribution is 0.0264. The Morgan fingerprint density at radius 3 is 2.71 bits per heavy atom. The first-order chi connectivity index (χ1) is 9.83. The molecule has 0 radical (unpaired) electrons. The zero-order chi connectivity index (χ0) is 15.5. The summed E-state index contributed by atoms with van der Waals surface area (Å²) in [5.74, 6) is 0.909. The molecule has 3 nitrogen and oxygen atoms in total. The minimum absolute atomic E-state index is 0.101. The van der Waals surface area contributed by atoms with Gasteiger partial charge in [-0.1, -0.05) is 15.9 Å². The largest absolute Gasteiger partial charge is 0.491 e. The second-order valence-corrected chi connectivity index (χ2v) is 7.67. The van der Waals surface area contributed by atoms with Gasteiger partial charge >= 0.3 is 0 Å². The standard InChI is InChI=1S/C17H26BrNO2/c1-12-5-6-15(21-12)11-20-14-7-8-16(18)13(9-14)10-19-17(2,3)4/h7-9,12,15,19H,5-6,10-11H2,1-4H3. The summed E-state index contributed by atoms with van der Waals surface area (Å²) in [5, 5.41) is 3.50. The van der Waals surface area contributed by atoms with E-state index >= 15 is 0 Å². The van der Waals surface area contributed by atoms with E-state index < -0.39 is 0 Å². The van der Waals surface area contributed by atoms with Crippen molar-refractivity contribution in [2.24, 2.45) is 0 Å². The summed E-state index contributed by atoms with van der Waals surface area (Å²) in [6.45, 7) is 10.1. The van der Waals surface area contributed by atoms with Gasteiger partial charge in [0, 0.05) is 16.6 Å². The Bertz CT molecular complexity index is 470. The molecular formula is C17H26BrNO2. The van der Waals surface area contributed by atoms with Gasteiger partial charge in [-0.15, -0.1) is 0 Å². The molecule has 2 atom stereocenters. The summed E-state index contributed by atoms with van der Waals surface area (Å²) in [6.07, 6.45) is 2.83. The molecule has 2 rings (SSSR count). The molecule has 0 saturated carbocycles. The van der Waals surface area contributed by atoms with Gasteiger partial charge in [-0.3, -0.25) is 0 Å². The summed E-state index contributed by atoms with van der Waals surface area (Å²) >= 11 is 3.60. The Labute approximate surface area is 136 Å². The van der Waals surface area contributed by atoms with Crippen molar-refractivity contribution >= 4 is 15.9 Å². The molecule has 1 aliphatic heterocycles. The van der Waals surface area contributed by atoms with Gasteiger partial charge in [-0.25, -0.2) is 0 Å². The molecule has 1 heterocycles. The van der Waals surface area contributed by atoms with E-state index in [4.69, 9.17) is 9.47 Å². The van der Waals surface area contributed by atoms with Crippen LogP contribution in [0.4, 0.5) is 0 Å². The van der Waals surface area contributed by atoms with Crippen molar-refractivity contribution in [1.82, 2.24) is 5.32 Å². The molecule has 1 N–H and O–H groups in total. The van der Waals surface area contributed by atoms with E-state index in [9.17, 15) is 0 Å². The van der Waals surface area contributed by atoms with Crippen LogP contribution in [0.2, 0.25) is 0 Å². The van der Waals surface area contributed by atoms with Crippen LogP contribution in [0, 0.1) is 0 Å². The molecule has 1 aliphatic rings. The van der Waals surface area contributed by atoms with E-state index in [2.05, 4.69) is 55.0 Å². The van der Waals surface area contributed by atoms with Crippen molar-refractivity contribution < 1.29 is 9.47 Å². The number of rotatable bonds is 5. The molecule has 0 spiro atoms. The zero-order valence-corrected chi connectivity index (χ0v) is 15.0. The molecular weight excluding hydrogens is 330 g/mol. The number of benzene rings is 1. The SMILES string of the molecule is CC1CCC(COc2ccc(Br)c(CNC(C)(C)C)c2)O1. The summed E-state index contributed by atoms with van der Waals surface area (Å²) in [4.78, 5) is 0. The second-order valence-electron chi connectivity index (χ2n) is 6.81. The van der Waals surface area contributed by atoms with E-state index in [1.165, 1.54) is 5.56 Å². The highest BCUT2D eigenvalue weighted by molar-refractivity contribution is 9.10. The minimum atomic E-state index is 0.101. The Morgan fingerprint density at radius 1 is 1.33 bits per heavy atom. The normalized spacial score (nSPS) is 22.5. The lowest BCUT2D eigenvalue weighted by Crippen LogP contribution is -2.35. The van der Waals surface area contributed by atoms with Gasteiger partial charge < -0.3 is 14.8 Å². The Kier molecular flexibility index (Phi) is 5.69. The van der Waals surface area contributed by atoms with Crippen molar-refractivity contribution in [3.05, 3.63) is 28.2 Å². The number of nitrogens with one attached hydrogen (secondary N) is 1. The van der Waals surface area contributed by atoms with E-state index in [1.54, 1.807) is 0 Å². The summed E-state index contributed by atoms with van der Waals surface area (Å²) in [6, 6.07) is 6.15. The summed E-state index contributed by atoms with van der Waals surface area (Å²) < 4.78 is 12.8. The smallest absolute Gasteiger partial charge is 0.119 e. The van der Waals surface area contributed by atoms with E-state index in [1.807, 2.05) is 12.1 Å². The molecule has 0 amide bonds. The van der Waals surface area contributed by atoms with Gasteiger partial charge in [0.1, 0.15) is 12.4 Å². The first-order valence-corrected chi connectivity index (χ1v) is 8.44. The number of ether oxygens (including phenoxy) is 2. The van der Waals surface area contributed by atoms with Gasteiger partial charge in [0.15, 0.2) is 0 Å². The lowest BCUT2D eigenvalue weighted by Gasteiger charge is -2.21. The molecule has 1 saturated heterocycles. The Hall–Kier alpha value is -0.580. The predicted molar refractivity (Wildman–Crippen MR) is 89.8 cm³/mol. The summed E-state index contributed by atoms with van der Waals surface area (Å²) in [7, 11) is 0. The molecule has 1 aromatic carbocycles. The van der Waals surface area contributed by atoms with Crippen molar-refractivity contribution in [3.8, 4) is 5.75 Å². The van der Waals surface area contributed by atoms with Gasteiger partial charge in [0.25, 0.3) is 0 Å². The Balaban J connectivity index is 1.91. The van der Waals surface area contributed by atoms with Gasteiger partial charge in [0.05, 0.1) is 12.2 Å². The summed E-state index contributed by atoms with van der Waals surface area (Å²) in [5.41, 5.74) is 1.31. The molecule has 0 aromatic heterocycles. The topological polar surface area (TPSA) is 30.5 Å². The first kappa shape index (κ1) is 16.8. The lowest BCUT2D eigenvalue weighted by atomic mass is 10.1. The predicted octanol–water partition coefficient (Wildman–Crippen LogP) is 4.28. The average Bonchev–Trinajstić information content (AvgIpc) is 2.81. The fraction of sp³-hybridized carbons (Fsp3) is 0.647. The van der Waals surface area contributed by atoms with Crippen LogP contribution in [0.15, 0.2) is 22.7 Å². The van der Waals surface area contributed by atoms with Crippen LogP contribution in [-0.4, -0.2) is 24.4 Å². The molecule has 118 valence electrons. The van der Waals surface area contributed by atoms with Crippen molar-refractivity contribution in [1.29, 1.82) is 0 Å². The number of hydrogen-bond donors (Lipinski definition) is 1. The molecule has 21 heavy (non-hydrogen) atoms. The monoisotopic (exact) mass is 355 g/mol. The van der Waals surface area contributed by atoms with Crippen molar-refractivity contribution in [3.63, 3.8) is 0 Å². The van der Waals surface area contributed by atoms with Crippen molar-refractivity contribution in [2.45, 2.75) is 64.8 Å². The third kappa shape index (κ3) is 5.61. The highest BCUT2D eigenvalue weighted by atomic mass is 79.9. The maximum absolute atomic E-state index is 5.89. The second kappa shape index (κ2) is 7.12. The highest BCUT2D eigenvalue weighted by Gasteiger charge is 2.22. The number of halogens is 1. The first-order valence-electron chi connectivity index (χ1n) is 7.65. The van der Waals surface area contributed by atoms with Crippen LogP contribution >= 0.6 is 15.9 Å². The molecule has 1 aromatic rings. The van der Waals surface area contributed by atoms with Crippen LogP contribution < -0.4 is 10.1 Å². The van der Waals surface area contributed by atoms with Crippen LogP contribution in [0.1, 0.15) is 46.1 Å². The van der Waals surface area contributed by atoms with E-state index in [-0.39, 0.29) is 11.6 Å². The van der Waals surface area contributed by atoms with Crippen LogP contribution in [-0.2, 0) is 11.3 Å². The third-order valence-corrected chi connectivity index (χ3v) is 4.36. The van der Waals surface area contributed by atoms with E-state index in [0.717, 1.165) is 29.6 Å². The highest BCUT2D eigenvalue weighted by Crippen LogP contribution is 2.25. The van der Waals surface area contributed by atoms with Gasteiger partial charge in [-0.2, -0.15) is 0 Å². The zero-order valence-electron chi connectivity index (χ0n) is 13.4. The maximum atomic E-state index is 5.89. The van der Waals surface area contributed by atoms with Crippen LogP contribution in [0.25, 0.3) is 0 Å². The molecule has 0 bridgehead atoms. The minimum Gasteiger partial charge on any atom is -0.491 e. The van der Waals surface area contributed by atoms with Crippen molar-refractivity contribution in [2.75, 3.05) is 6.61 Å². The molecule has 4 heteroatoms. The van der Waals surface area contributed by atoms with Crippen LogP contribution in [0.3, 0.4) is 0 Å². The fourth-order valence-electron chi connectivity index (χ4n) is 2.33. The molecule has 1 fully saturated rings. The fourth-order valence-corrected chi connectivity index (χ4v) is 2.72. The Morgan fingerprint density at radius 2 is 2.10 bits per heavy atom.